The molecule has 5 heteroatoms. The molecule has 0 aromatic carbocycles. The molecule has 0 saturated carbocycles. The molecule has 0 fully saturated rings. The Bertz CT molecular complexity index is 291. The van der Waals surface area contributed by atoms with Crippen LogP contribution >= 0.6 is 0 Å². The number of hydrogen-bond donors (Lipinski definition) is 1. The van der Waals surface area contributed by atoms with Crippen molar-refractivity contribution in [1.29, 1.82) is 0 Å². The molecular formula is C8H13N3O2. The first-order valence-corrected chi connectivity index (χ1v) is 3.77. The van der Waals surface area contributed by atoms with E-state index in [0.29, 0.717) is 17.4 Å². The first kappa shape index (κ1) is 9.60. The number of hydroxylamine groups is 1. The number of ether oxygens (including phenoxy) is 1. The Kier molecular flexibility index (Phi) is 2.92. The lowest BCUT2D eigenvalue weighted by Crippen LogP contribution is -2.16. The van der Waals surface area contributed by atoms with Crippen molar-refractivity contribution in [1.82, 2.24) is 4.98 Å². The van der Waals surface area contributed by atoms with Gasteiger partial charge in [0.05, 0.1) is 19.9 Å². The minimum absolute atomic E-state index is 0.404. The van der Waals surface area contributed by atoms with E-state index in [0.717, 1.165) is 0 Å². The van der Waals surface area contributed by atoms with E-state index in [1.54, 1.807) is 26.3 Å². The fraction of sp³-hybridized carbons (Fsp3) is 0.375. The van der Waals surface area contributed by atoms with E-state index in [1.165, 1.54) is 12.2 Å². The third-order valence-corrected chi connectivity index (χ3v) is 1.66. The molecule has 2 N–H and O–H groups in total. The molecule has 1 aromatic heterocycles. The summed E-state index contributed by atoms with van der Waals surface area (Å²) in [5.41, 5.74) is 6.10. The van der Waals surface area contributed by atoms with Gasteiger partial charge in [-0.2, -0.15) is 4.98 Å². The Labute approximate surface area is 77.0 Å². The third-order valence-electron chi connectivity index (χ3n) is 1.66. The van der Waals surface area contributed by atoms with Gasteiger partial charge in [0, 0.05) is 7.05 Å². The van der Waals surface area contributed by atoms with Gasteiger partial charge in [0.2, 0.25) is 5.88 Å². The van der Waals surface area contributed by atoms with Crippen LogP contribution in [0.25, 0.3) is 0 Å². The average Bonchev–Trinajstić information content (AvgIpc) is 2.17. The maximum absolute atomic E-state index is 5.59. The highest BCUT2D eigenvalue weighted by Crippen LogP contribution is 2.21. The number of nitrogens with zero attached hydrogens (tertiary/aromatic N) is 2. The number of pyridine rings is 1. The molecule has 1 heterocycles. The minimum atomic E-state index is 0.404. The van der Waals surface area contributed by atoms with Gasteiger partial charge in [-0.05, 0) is 12.1 Å². The van der Waals surface area contributed by atoms with Crippen LogP contribution in [0.5, 0.6) is 5.88 Å². The molecule has 0 radical (unpaired) electrons. The molecule has 0 saturated heterocycles. The number of nitrogens with two attached hydrogens (primary N) is 1. The van der Waals surface area contributed by atoms with Crippen LogP contribution in [0.3, 0.4) is 0 Å². The molecule has 13 heavy (non-hydrogen) atoms. The zero-order chi connectivity index (χ0) is 9.84. The lowest BCUT2D eigenvalue weighted by atomic mass is 10.4. The van der Waals surface area contributed by atoms with Gasteiger partial charge in [-0.25, -0.2) is 5.06 Å². The molecular weight excluding hydrogens is 170 g/mol. The zero-order valence-electron chi connectivity index (χ0n) is 7.94. The highest BCUT2D eigenvalue weighted by atomic mass is 16.7. The smallest absolute Gasteiger partial charge is 0.238 e. The highest BCUT2D eigenvalue weighted by molar-refractivity contribution is 5.53. The number of rotatable bonds is 3. The standard InChI is InChI=1S/C8H13N3O2/c1-11(13-3)7-5-4-6(9)8(10-7)12-2/h4-5H,9H2,1-3H3. The molecule has 0 bridgehead atoms. The molecule has 72 valence electrons. The summed E-state index contributed by atoms with van der Waals surface area (Å²) in [6.45, 7) is 0. The fourth-order valence-corrected chi connectivity index (χ4v) is 0.874. The van der Waals surface area contributed by atoms with E-state index in [1.807, 2.05) is 0 Å². The normalized spacial score (nSPS) is 9.77. The van der Waals surface area contributed by atoms with E-state index < -0.39 is 0 Å². The van der Waals surface area contributed by atoms with E-state index in [9.17, 15) is 0 Å². The van der Waals surface area contributed by atoms with Gasteiger partial charge in [-0.15, -0.1) is 0 Å². The molecule has 0 amide bonds. The van der Waals surface area contributed by atoms with Crippen molar-refractivity contribution in [3.63, 3.8) is 0 Å². The van der Waals surface area contributed by atoms with E-state index in [4.69, 9.17) is 15.3 Å². The van der Waals surface area contributed by atoms with Crippen LogP contribution in [0.15, 0.2) is 12.1 Å². The Balaban J connectivity index is 2.99. The zero-order valence-corrected chi connectivity index (χ0v) is 7.94. The van der Waals surface area contributed by atoms with Crippen molar-refractivity contribution in [3.05, 3.63) is 12.1 Å². The predicted octanol–water partition coefficient (Wildman–Crippen LogP) is 0.670. The second-order valence-corrected chi connectivity index (χ2v) is 2.45. The van der Waals surface area contributed by atoms with E-state index in [2.05, 4.69) is 4.98 Å². The van der Waals surface area contributed by atoms with Crippen LogP contribution in [0.4, 0.5) is 11.5 Å². The van der Waals surface area contributed by atoms with Crippen molar-refractivity contribution in [3.8, 4) is 5.88 Å². The molecule has 0 spiro atoms. The maximum atomic E-state index is 5.59. The Hall–Kier alpha value is -1.49. The second-order valence-electron chi connectivity index (χ2n) is 2.45. The topological polar surface area (TPSA) is 60.6 Å². The third kappa shape index (κ3) is 2.00. The summed E-state index contributed by atoms with van der Waals surface area (Å²) in [6, 6.07) is 3.47. The van der Waals surface area contributed by atoms with Crippen LogP contribution in [0, 0.1) is 0 Å². The summed E-state index contributed by atoms with van der Waals surface area (Å²) in [7, 11) is 4.83. The van der Waals surface area contributed by atoms with Crippen molar-refractivity contribution < 1.29 is 9.57 Å². The number of nitrogen functional groups attached to an aromatic ring is 1. The molecule has 0 atom stereocenters. The molecule has 5 nitrogen and oxygen atoms in total. The van der Waals surface area contributed by atoms with Crippen LogP contribution in [-0.2, 0) is 4.84 Å². The number of aromatic nitrogens is 1. The minimum Gasteiger partial charge on any atom is -0.479 e. The van der Waals surface area contributed by atoms with Gasteiger partial charge < -0.3 is 10.5 Å². The van der Waals surface area contributed by atoms with Crippen molar-refractivity contribution >= 4 is 11.5 Å². The second kappa shape index (κ2) is 3.95. The first-order chi connectivity index (χ1) is 6.19. The van der Waals surface area contributed by atoms with Gasteiger partial charge >= 0.3 is 0 Å². The average molecular weight is 183 g/mol. The maximum Gasteiger partial charge on any atom is 0.238 e. The van der Waals surface area contributed by atoms with Gasteiger partial charge in [-0.1, -0.05) is 0 Å². The molecule has 0 aliphatic rings. The summed E-state index contributed by atoms with van der Waals surface area (Å²) >= 11 is 0. The number of anilines is 2. The first-order valence-electron chi connectivity index (χ1n) is 3.77. The summed E-state index contributed by atoms with van der Waals surface area (Å²) in [5.74, 6) is 1.05. The summed E-state index contributed by atoms with van der Waals surface area (Å²) < 4.78 is 4.96. The highest BCUT2D eigenvalue weighted by Gasteiger charge is 2.05. The Morgan fingerprint density at radius 2 is 2.08 bits per heavy atom. The molecule has 0 aliphatic carbocycles. The molecule has 1 rings (SSSR count). The van der Waals surface area contributed by atoms with E-state index >= 15 is 0 Å². The summed E-state index contributed by atoms with van der Waals surface area (Å²) in [4.78, 5) is 9.07. The summed E-state index contributed by atoms with van der Waals surface area (Å²) in [6.07, 6.45) is 0. The molecule has 0 unspecified atom stereocenters. The van der Waals surface area contributed by atoms with Crippen molar-refractivity contribution in [2.24, 2.45) is 0 Å². The van der Waals surface area contributed by atoms with Gasteiger partial charge in [-0.3, -0.25) is 4.84 Å². The Morgan fingerprint density at radius 1 is 1.38 bits per heavy atom. The Morgan fingerprint density at radius 3 is 2.62 bits per heavy atom. The van der Waals surface area contributed by atoms with Crippen molar-refractivity contribution in [2.45, 2.75) is 0 Å². The molecule has 1 aromatic rings. The predicted molar refractivity (Wildman–Crippen MR) is 50.6 cm³/mol. The van der Waals surface area contributed by atoms with Crippen LogP contribution in [0.2, 0.25) is 0 Å². The SMILES string of the molecule is COc1nc(N(C)OC)ccc1N. The van der Waals surface area contributed by atoms with E-state index in [-0.39, 0.29) is 0 Å². The van der Waals surface area contributed by atoms with Crippen LogP contribution in [-0.4, -0.2) is 26.3 Å². The van der Waals surface area contributed by atoms with Crippen LogP contribution < -0.4 is 15.5 Å². The molecule has 0 aliphatic heterocycles. The largest absolute Gasteiger partial charge is 0.479 e. The van der Waals surface area contributed by atoms with Crippen LogP contribution in [0.1, 0.15) is 0 Å². The van der Waals surface area contributed by atoms with Gasteiger partial charge in [0.25, 0.3) is 0 Å². The van der Waals surface area contributed by atoms with Gasteiger partial charge in [0.15, 0.2) is 5.82 Å². The van der Waals surface area contributed by atoms with Crippen molar-refractivity contribution in [2.75, 3.05) is 32.1 Å². The van der Waals surface area contributed by atoms with Gasteiger partial charge in [0.1, 0.15) is 0 Å². The number of hydrogen-bond acceptors (Lipinski definition) is 5. The monoisotopic (exact) mass is 183 g/mol. The quantitative estimate of drug-likeness (QED) is 0.698. The lowest BCUT2D eigenvalue weighted by molar-refractivity contribution is 0.182. The lowest BCUT2D eigenvalue weighted by Gasteiger charge is -2.15. The number of methoxy groups -OCH3 is 1. The summed E-state index contributed by atoms with van der Waals surface area (Å²) in [5, 5.41) is 1.52. The fourth-order valence-electron chi connectivity index (χ4n) is 0.874.